The van der Waals surface area contributed by atoms with Crippen molar-refractivity contribution < 1.29 is 17.9 Å². The van der Waals surface area contributed by atoms with Gasteiger partial charge in [0.05, 0.1) is 25.7 Å². The minimum atomic E-state index is -3.03. The predicted molar refractivity (Wildman–Crippen MR) is 55.9 cm³/mol. The molecule has 5 heteroatoms. The molecule has 0 N–H and O–H groups in total. The number of sulfone groups is 1. The summed E-state index contributed by atoms with van der Waals surface area (Å²) < 4.78 is 33.3. The fourth-order valence-corrected chi connectivity index (χ4v) is 3.45. The molecule has 2 rings (SSSR count). The third-order valence-corrected chi connectivity index (χ3v) is 3.97. The van der Waals surface area contributed by atoms with E-state index in [1.807, 2.05) is 0 Å². The molecule has 0 aliphatic carbocycles. The van der Waals surface area contributed by atoms with Crippen molar-refractivity contribution in [1.82, 2.24) is 0 Å². The van der Waals surface area contributed by atoms with E-state index in [1.165, 1.54) is 14.2 Å². The summed E-state index contributed by atoms with van der Waals surface area (Å²) in [6.45, 7) is 0. The molecule has 0 fully saturated rings. The van der Waals surface area contributed by atoms with E-state index in [9.17, 15) is 8.42 Å². The number of hydrogen-bond donors (Lipinski definition) is 0. The van der Waals surface area contributed by atoms with E-state index in [-0.39, 0.29) is 11.5 Å². The first-order chi connectivity index (χ1) is 7.07. The highest BCUT2D eigenvalue weighted by Crippen LogP contribution is 2.38. The summed E-state index contributed by atoms with van der Waals surface area (Å²) in [6.07, 6.45) is 0. The second kappa shape index (κ2) is 3.41. The van der Waals surface area contributed by atoms with Gasteiger partial charge in [0.25, 0.3) is 0 Å². The van der Waals surface area contributed by atoms with E-state index in [2.05, 4.69) is 0 Å². The minimum Gasteiger partial charge on any atom is -0.496 e. The molecule has 0 saturated heterocycles. The normalized spacial score (nSPS) is 17.2. The van der Waals surface area contributed by atoms with Crippen LogP contribution in [0, 0.1) is 0 Å². The first kappa shape index (κ1) is 10.3. The van der Waals surface area contributed by atoms with Crippen LogP contribution in [-0.2, 0) is 21.3 Å². The van der Waals surface area contributed by atoms with Gasteiger partial charge < -0.3 is 9.47 Å². The monoisotopic (exact) mass is 228 g/mol. The Balaban J connectivity index is 2.62. The fourth-order valence-electron chi connectivity index (χ4n) is 1.84. The number of benzene rings is 1. The minimum absolute atomic E-state index is 0.0444. The molecule has 82 valence electrons. The molecule has 1 aliphatic rings. The summed E-state index contributed by atoms with van der Waals surface area (Å²) in [5.74, 6) is 1.32. The molecule has 0 bridgehead atoms. The number of hydrogen-bond acceptors (Lipinski definition) is 4. The van der Waals surface area contributed by atoms with Gasteiger partial charge in [-0.05, 0) is 12.1 Å². The number of methoxy groups -OCH3 is 2. The lowest BCUT2D eigenvalue weighted by molar-refractivity contribution is 0.398. The summed E-state index contributed by atoms with van der Waals surface area (Å²) in [7, 11) is 0.0389. The smallest absolute Gasteiger partial charge is 0.158 e. The molecular weight excluding hydrogens is 216 g/mol. The van der Waals surface area contributed by atoms with E-state index in [0.717, 1.165) is 11.1 Å². The van der Waals surface area contributed by atoms with Crippen molar-refractivity contribution in [2.75, 3.05) is 14.2 Å². The van der Waals surface area contributed by atoms with E-state index < -0.39 is 9.84 Å². The number of rotatable bonds is 2. The zero-order valence-corrected chi connectivity index (χ0v) is 9.43. The lowest BCUT2D eigenvalue weighted by Gasteiger charge is -2.09. The van der Waals surface area contributed by atoms with Crippen molar-refractivity contribution in [2.45, 2.75) is 11.5 Å². The highest BCUT2D eigenvalue weighted by molar-refractivity contribution is 7.90. The van der Waals surface area contributed by atoms with Crippen LogP contribution in [-0.4, -0.2) is 22.6 Å². The summed E-state index contributed by atoms with van der Waals surface area (Å²) in [5.41, 5.74) is 1.47. The van der Waals surface area contributed by atoms with Crippen LogP contribution in [0.15, 0.2) is 12.1 Å². The van der Waals surface area contributed by atoms with E-state index in [1.54, 1.807) is 12.1 Å². The molecule has 15 heavy (non-hydrogen) atoms. The van der Waals surface area contributed by atoms with Crippen molar-refractivity contribution in [3.8, 4) is 11.5 Å². The SMILES string of the molecule is COc1ccc(OC)c2c1CS(=O)(=O)C2. The molecule has 0 atom stereocenters. The average molecular weight is 228 g/mol. The molecule has 1 aromatic rings. The van der Waals surface area contributed by atoms with Gasteiger partial charge in [0.15, 0.2) is 9.84 Å². The number of fused-ring (bicyclic) bond motifs is 1. The summed E-state index contributed by atoms with van der Waals surface area (Å²) >= 11 is 0. The molecule has 0 saturated carbocycles. The zero-order valence-electron chi connectivity index (χ0n) is 8.61. The molecule has 1 heterocycles. The molecule has 1 aliphatic heterocycles. The maximum Gasteiger partial charge on any atom is 0.158 e. The van der Waals surface area contributed by atoms with Gasteiger partial charge in [-0.2, -0.15) is 0 Å². The van der Waals surface area contributed by atoms with Crippen LogP contribution in [0.2, 0.25) is 0 Å². The molecule has 0 amide bonds. The van der Waals surface area contributed by atoms with Gasteiger partial charge in [-0.15, -0.1) is 0 Å². The molecular formula is C10H12O4S. The van der Waals surface area contributed by atoms with Crippen LogP contribution in [0.4, 0.5) is 0 Å². The molecule has 0 unspecified atom stereocenters. The Morgan fingerprint density at radius 3 is 1.73 bits per heavy atom. The topological polar surface area (TPSA) is 52.6 Å². The first-order valence-electron chi connectivity index (χ1n) is 4.50. The van der Waals surface area contributed by atoms with Crippen LogP contribution in [0.1, 0.15) is 11.1 Å². The van der Waals surface area contributed by atoms with Crippen LogP contribution in [0.25, 0.3) is 0 Å². The maximum absolute atomic E-state index is 11.5. The third kappa shape index (κ3) is 1.67. The quantitative estimate of drug-likeness (QED) is 0.761. The van der Waals surface area contributed by atoms with Crippen LogP contribution >= 0.6 is 0 Å². The second-order valence-corrected chi connectivity index (χ2v) is 5.52. The van der Waals surface area contributed by atoms with Crippen molar-refractivity contribution >= 4 is 9.84 Å². The summed E-state index contributed by atoms with van der Waals surface area (Å²) in [6, 6.07) is 3.47. The molecule has 1 aromatic carbocycles. The van der Waals surface area contributed by atoms with Crippen LogP contribution in [0.3, 0.4) is 0 Å². The molecule has 0 radical (unpaired) electrons. The number of ether oxygens (including phenoxy) is 2. The Kier molecular flexibility index (Phi) is 2.34. The van der Waals surface area contributed by atoms with Crippen molar-refractivity contribution in [2.24, 2.45) is 0 Å². The zero-order chi connectivity index (χ0) is 11.1. The predicted octanol–water partition coefficient (Wildman–Crippen LogP) is 1.13. The van der Waals surface area contributed by atoms with Crippen molar-refractivity contribution in [3.05, 3.63) is 23.3 Å². The van der Waals surface area contributed by atoms with Gasteiger partial charge in [0.2, 0.25) is 0 Å². The van der Waals surface area contributed by atoms with Gasteiger partial charge in [0.1, 0.15) is 11.5 Å². The molecule has 4 nitrogen and oxygen atoms in total. The van der Waals surface area contributed by atoms with Crippen LogP contribution < -0.4 is 9.47 Å². The van der Waals surface area contributed by atoms with Gasteiger partial charge >= 0.3 is 0 Å². The van der Waals surface area contributed by atoms with Gasteiger partial charge in [-0.25, -0.2) is 8.42 Å². The Morgan fingerprint density at radius 1 is 1.00 bits per heavy atom. The highest BCUT2D eigenvalue weighted by Gasteiger charge is 2.30. The van der Waals surface area contributed by atoms with E-state index in [4.69, 9.17) is 9.47 Å². The Morgan fingerprint density at radius 2 is 1.40 bits per heavy atom. The van der Waals surface area contributed by atoms with E-state index in [0.29, 0.717) is 11.5 Å². The third-order valence-electron chi connectivity index (χ3n) is 2.51. The van der Waals surface area contributed by atoms with Crippen molar-refractivity contribution in [3.63, 3.8) is 0 Å². The highest BCUT2D eigenvalue weighted by atomic mass is 32.2. The molecule has 0 spiro atoms. The maximum atomic E-state index is 11.5. The largest absolute Gasteiger partial charge is 0.496 e. The molecule has 0 aromatic heterocycles. The van der Waals surface area contributed by atoms with E-state index >= 15 is 0 Å². The Bertz CT molecular complexity index is 451. The second-order valence-electron chi connectivity index (χ2n) is 3.46. The van der Waals surface area contributed by atoms with Crippen molar-refractivity contribution in [1.29, 1.82) is 0 Å². The van der Waals surface area contributed by atoms with Crippen LogP contribution in [0.5, 0.6) is 11.5 Å². The lowest BCUT2D eigenvalue weighted by Crippen LogP contribution is -1.96. The summed E-state index contributed by atoms with van der Waals surface area (Å²) in [5, 5.41) is 0. The standard InChI is InChI=1S/C10H12O4S/c1-13-9-3-4-10(14-2)8-6-15(11,12)5-7(8)9/h3-4H,5-6H2,1-2H3. The van der Waals surface area contributed by atoms with Gasteiger partial charge in [-0.1, -0.05) is 0 Å². The Labute approximate surface area is 88.7 Å². The Hall–Kier alpha value is -1.23. The van der Waals surface area contributed by atoms with Gasteiger partial charge in [-0.3, -0.25) is 0 Å². The lowest BCUT2D eigenvalue weighted by atomic mass is 10.1. The average Bonchev–Trinajstić information content (AvgIpc) is 2.51. The fraction of sp³-hybridized carbons (Fsp3) is 0.400. The first-order valence-corrected chi connectivity index (χ1v) is 6.32. The van der Waals surface area contributed by atoms with Gasteiger partial charge in [0, 0.05) is 11.1 Å². The summed E-state index contributed by atoms with van der Waals surface area (Å²) in [4.78, 5) is 0.